The molecule has 0 radical (unpaired) electrons. The summed E-state index contributed by atoms with van der Waals surface area (Å²) in [5.41, 5.74) is 1.12. The number of benzene rings is 1. The highest BCUT2D eigenvalue weighted by molar-refractivity contribution is 7.10. The van der Waals surface area contributed by atoms with E-state index in [4.69, 9.17) is 4.42 Å². The Morgan fingerprint density at radius 3 is 2.67 bits per heavy atom. The molecule has 0 saturated carbocycles. The standard InChI is InChI=1S/C19H20N2O2S/c1-14(17-10-6-12-24-17)21-18(22)13-20-19(16-9-5-11-23-16)15-7-3-2-4-8-15/h2-12,14,19-20H,13H2,1H3,(H,21,22)/p+1/t14-,19+/m1/s1. The average molecular weight is 341 g/mol. The molecule has 0 aliphatic rings. The van der Waals surface area contributed by atoms with E-state index in [9.17, 15) is 4.79 Å². The SMILES string of the molecule is C[C@@H](NC(=O)C[NH2+][C@@H](c1ccccc1)c1ccco1)c1cccs1. The number of hydrogen-bond donors (Lipinski definition) is 2. The van der Waals surface area contributed by atoms with Gasteiger partial charge in [-0.1, -0.05) is 36.4 Å². The lowest BCUT2D eigenvalue weighted by molar-refractivity contribution is -0.678. The van der Waals surface area contributed by atoms with Crippen LogP contribution in [-0.4, -0.2) is 12.5 Å². The van der Waals surface area contributed by atoms with Crippen LogP contribution in [0.2, 0.25) is 0 Å². The number of thiophene rings is 1. The van der Waals surface area contributed by atoms with Crippen molar-refractivity contribution < 1.29 is 14.5 Å². The molecule has 24 heavy (non-hydrogen) atoms. The first kappa shape index (κ1) is 16.5. The molecule has 0 spiro atoms. The second kappa shape index (κ2) is 7.95. The monoisotopic (exact) mass is 341 g/mol. The van der Waals surface area contributed by atoms with Gasteiger partial charge in [-0.15, -0.1) is 11.3 Å². The predicted molar refractivity (Wildman–Crippen MR) is 94.7 cm³/mol. The molecular weight excluding hydrogens is 320 g/mol. The van der Waals surface area contributed by atoms with E-state index < -0.39 is 0 Å². The molecule has 2 atom stereocenters. The zero-order valence-corrected chi connectivity index (χ0v) is 14.3. The first-order chi connectivity index (χ1) is 11.7. The van der Waals surface area contributed by atoms with E-state index >= 15 is 0 Å². The van der Waals surface area contributed by atoms with Crippen molar-refractivity contribution in [2.75, 3.05) is 6.54 Å². The molecule has 3 N–H and O–H groups in total. The average Bonchev–Trinajstić information content (AvgIpc) is 3.30. The van der Waals surface area contributed by atoms with Gasteiger partial charge in [-0.3, -0.25) is 4.79 Å². The minimum Gasteiger partial charge on any atom is -0.463 e. The lowest BCUT2D eigenvalue weighted by Crippen LogP contribution is -2.87. The molecule has 0 aliphatic carbocycles. The van der Waals surface area contributed by atoms with Crippen molar-refractivity contribution >= 4 is 17.2 Å². The van der Waals surface area contributed by atoms with E-state index in [0.717, 1.165) is 16.2 Å². The number of amides is 1. The fourth-order valence-corrected chi connectivity index (χ4v) is 3.41. The Bertz CT molecular complexity index is 739. The summed E-state index contributed by atoms with van der Waals surface area (Å²) in [7, 11) is 0. The molecule has 3 aromatic rings. The Morgan fingerprint density at radius 2 is 2.00 bits per heavy atom. The van der Waals surface area contributed by atoms with Crippen molar-refractivity contribution in [2.24, 2.45) is 0 Å². The smallest absolute Gasteiger partial charge is 0.275 e. The minimum absolute atomic E-state index is 0.0170. The second-order valence-corrected chi connectivity index (χ2v) is 6.63. The van der Waals surface area contributed by atoms with Crippen molar-refractivity contribution in [1.82, 2.24) is 5.32 Å². The number of furan rings is 1. The zero-order chi connectivity index (χ0) is 16.8. The molecule has 4 nitrogen and oxygen atoms in total. The summed E-state index contributed by atoms with van der Waals surface area (Å²) in [6, 6.07) is 17.9. The number of hydrogen-bond acceptors (Lipinski definition) is 3. The van der Waals surface area contributed by atoms with E-state index in [1.165, 1.54) is 0 Å². The topological polar surface area (TPSA) is 58.9 Å². The van der Waals surface area contributed by atoms with E-state index in [0.29, 0.717) is 6.54 Å². The minimum atomic E-state index is -0.0241. The molecule has 2 aromatic heterocycles. The Balaban J connectivity index is 1.62. The maximum atomic E-state index is 12.3. The number of nitrogens with one attached hydrogen (secondary N) is 1. The Morgan fingerprint density at radius 1 is 1.17 bits per heavy atom. The van der Waals surface area contributed by atoms with Gasteiger partial charge >= 0.3 is 0 Å². The lowest BCUT2D eigenvalue weighted by atomic mass is 10.0. The highest BCUT2D eigenvalue weighted by Crippen LogP contribution is 2.19. The summed E-state index contributed by atoms with van der Waals surface area (Å²) in [5, 5.41) is 7.07. The fourth-order valence-electron chi connectivity index (χ4n) is 2.68. The van der Waals surface area contributed by atoms with Gasteiger partial charge in [0.05, 0.1) is 12.3 Å². The first-order valence-corrected chi connectivity index (χ1v) is 8.86. The van der Waals surface area contributed by atoms with Crippen LogP contribution in [0.5, 0.6) is 0 Å². The van der Waals surface area contributed by atoms with Gasteiger partial charge in [0, 0.05) is 10.4 Å². The van der Waals surface area contributed by atoms with Crippen LogP contribution in [0.25, 0.3) is 0 Å². The third-order valence-electron chi connectivity index (χ3n) is 3.89. The van der Waals surface area contributed by atoms with E-state index in [1.54, 1.807) is 17.6 Å². The van der Waals surface area contributed by atoms with Crippen molar-refractivity contribution in [3.8, 4) is 0 Å². The van der Waals surface area contributed by atoms with Crippen LogP contribution in [0.3, 0.4) is 0 Å². The zero-order valence-electron chi connectivity index (χ0n) is 13.5. The van der Waals surface area contributed by atoms with Crippen LogP contribution in [0.1, 0.15) is 35.2 Å². The van der Waals surface area contributed by atoms with Gasteiger partial charge in [0.15, 0.2) is 18.3 Å². The van der Waals surface area contributed by atoms with Gasteiger partial charge in [0.2, 0.25) is 0 Å². The Kier molecular flexibility index (Phi) is 5.46. The summed E-state index contributed by atoms with van der Waals surface area (Å²) in [6.45, 7) is 2.35. The molecule has 3 rings (SSSR count). The number of quaternary nitrogens is 1. The van der Waals surface area contributed by atoms with Gasteiger partial charge in [0.1, 0.15) is 0 Å². The van der Waals surface area contributed by atoms with Crippen LogP contribution in [0, 0.1) is 0 Å². The number of rotatable bonds is 7. The van der Waals surface area contributed by atoms with E-state index in [-0.39, 0.29) is 18.0 Å². The summed E-state index contributed by atoms with van der Waals surface area (Å²) >= 11 is 1.65. The molecular formula is C19H21N2O2S+. The molecule has 0 bridgehead atoms. The first-order valence-electron chi connectivity index (χ1n) is 7.98. The van der Waals surface area contributed by atoms with Crippen molar-refractivity contribution in [1.29, 1.82) is 0 Å². The molecule has 1 aromatic carbocycles. The van der Waals surface area contributed by atoms with Crippen LogP contribution in [0.15, 0.2) is 70.7 Å². The quantitative estimate of drug-likeness (QED) is 0.694. The Labute approximate surface area is 145 Å². The molecule has 5 heteroatoms. The third kappa shape index (κ3) is 4.13. The maximum Gasteiger partial charge on any atom is 0.275 e. The second-order valence-electron chi connectivity index (χ2n) is 5.65. The summed E-state index contributed by atoms with van der Waals surface area (Å²) < 4.78 is 5.56. The number of carbonyl (C=O) groups is 1. The van der Waals surface area contributed by atoms with Crippen LogP contribution < -0.4 is 10.6 Å². The Hall–Kier alpha value is -2.37. The molecule has 1 amide bonds. The van der Waals surface area contributed by atoms with E-state index in [2.05, 4.69) is 17.4 Å². The van der Waals surface area contributed by atoms with Gasteiger partial charge in [0.25, 0.3) is 5.91 Å². The molecule has 0 unspecified atom stereocenters. The molecule has 2 heterocycles. The summed E-state index contributed by atoms with van der Waals surface area (Å²) in [5.74, 6) is 0.865. The van der Waals surface area contributed by atoms with Gasteiger partial charge in [-0.2, -0.15) is 0 Å². The highest BCUT2D eigenvalue weighted by Gasteiger charge is 2.22. The van der Waals surface area contributed by atoms with Crippen LogP contribution in [-0.2, 0) is 4.79 Å². The van der Waals surface area contributed by atoms with Crippen molar-refractivity contribution in [2.45, 2.75) is 19.0 Å². The van der Waals surface area contributed by atoms with Gasteiger partial charge in [-0.25, -0.2) is 0 Å². The van der Waals surface area contributed by atoms with Crippen LogP contribution >= 0.6 is 11.3 Å². The largest absolute Gasteiger partial charge is 0.463 e. The number of carbonyl (C=O) groups excluding carboxylic acids is 1. The van der Waals surface area contributed by atoms with Crippen molar-refractivity contribution in [3.63, 3.8) is 0 Å². The summed E-state index contributed by atoms with van der Waals surface area (Å²) in [6.07, 6.45) is 1.66. The lowest BCUT2D eigenvalue weighted by Gasteiger charge is -2.15. The highest BCUT2D eigenvalue weighted by atomic mass is 32.1. The van der Waals surface area contributed by atoms with Crippen molar-refractivity contribution in [3.05, 3.63) is 82.4 Å². The molecule has 124 valence electrons. The molecule has 0 aliphatic heterocycles. The normalized spacial score (nSPS) is 13.4. The third-order valence-corrected chi connectivity index (χ3v) is 4.95. The van der Waals surface area contributed by atoms with Crippen LogP contribution in [0.4, 0.5) is 0 Å². The predicted octanol–water partition coefficient (Wildman–Crippen LogP) is 2.87. The molecule has 0 saturated heterocycles. The fraction of sp³-hybridized carbons (Fsp3) is 0.211. The maximum absolute atomic E-state index is 12.3. The van der Waals surface area contributed by atoms with Gasteiger partial charge < -0.3 is 15.1 Å². The van der Waals surface area contributed by atoms with Gasteiger partial charge in [-0.05, 0) is 30.5 Å². The summed E-state index contributed by atoms with van der Waals surface area (Å²) in [4.78, 5) is 13.4. The number of nitrogens with two attached hydrogens (primary N) is 1. The van der Waals surface area contributed by atoms with E-state index in [1.807, 2.05) is 60.1 Å². The molecule has 0 fully saturated rings.